The maximum Gasteiger partial charge on any atom is 0.339 e. The fourth-order valence-corrected chi connectivity index (χ4v) is 3.71. The van der Waals surface area contributed by atoms with Crippen LogP contribution in [0.3, 0.4) is 0 Å². The van der Waals surface area contributed by atoms with Gasteiger partial charge in [-0.25, -0.2) is 4.79 Å². The molecule has 0 heterocycles. The van der Waals surface area contributed by atoms with E-state index in [2.05, 4.69) is 40.0 Å². The van der Waals surface area contributed by atoms with Gasteiger partial charge >= 0.3 is 5.97 Å². The Morgan fingerprint density at radius 2 is 1.92 bits per heavy atom. The smallest absolute Gasteiger partial charge is 0.339 e. The average molecular weight is 447 g/mol. The van der Waals surface area contributed by atoms with E-state index in [-0.39, 0.29) is 17.7 Å². The number of carbonyl (C=O) groups excluding carboxylic acids is 2. The Hall–Kier alpha value is -2.15. The van der Waals surface area contributed by atoms with Gasteiger partial charge in [0.2, 0.25) is 0 Å². The third-order valence-corrected chi connectivity index (χ3v) is 5.42. The fraction of sp³-hybridized carbons (Fsp3) is 0.200. The second kappa shape index (κ2) is 7.82. The van der Waals surface area contributed by atoms with Gasteiger partial charge in [0, 0.05) is 24.1 Å². The van der Waals surface area contributed by atoms with Crippen molar-refractivity contribution in [2.45, 2.75) is 18.8 Å². The van der Waals surface area contributed by atoms with Crippen molar-refractivity contribution in [3.05, 3.63) is 75.0 Å². The molecule has 0 spiro atoms. The first-order valence-corrected chi connectivity index (χ1v) is 9.11. The van der Waals surface area contributed by atoms with Gasteiger partial charge in [0.1, 0.15) is 0 Å². The second-order valence-corrected chi connectivity index (χ2v) is 6.93. The van der Waals surface area contributed by atoms with E-state index in [9.17, 15) is 9.59 Å². The Morgan fingerprint density at radius 3 is 2.64 bits per heavy atom. The van der Waals surface area contributed by atoms with Crippen LogP contribution in [0, 0.1) is 3.57 Å². The van der Waals surface area contributed by atoms with Crippen LogP contribution in [0.4, 0.5) is 5.69 Å². The van der Waals surface area contributed by atoms with Gasteiger partial charge in [-0.3, -0.25) is 4.79 Å². The summed E-state index contributed by atoms with van der Waals surface area (Å²) in [7, 11) is 1.37. The summed E-state index contributed by atoms with van der Waals surface area (Å²) in [4.78, 5) is 23.8. The first kappa shape index (κ1) is 17.7. The third-order valence-electron chi connectivity index (χ3n) is 4.26. The number of nitrogens with one attached hydrogen (secondary N) is 1. The Bertz CT molecular complexity index is 830. The molecule has 0 radical (unpaired) electrons. The topological polar surface area (TPSA) is 55.4 Å². The molecule has 1 unspecified atom stereocenters. The van der Waals surface area contributed by atoms with Crippen LogP contribution in [-0.4, -0.2) is 18.9 Å². The van der Waals surface area contributed by atoms with Gasteiger partial charge in [-0.1, -0.05) is 36.4 Å². The first-order valence-electron chi connectivity index (χ1n) is 8.03. The zero-order chi connectivity index (χ0) is 17.8. The molecular formula is C20H18INO3. The Balaban J connectivity index is 1.95. The molecule has 4 nitrogen and oxygen atoms in total. The van der Waals surface area contributed by atoms with E-state index in [1.807, 2.05) is 24.3 Å². The predicted molar refractivity (Wildman–Crippen MR) is 106 cm³/mol. The molecule has 0 bridgehead atoms. The number of hydrogen-bond acceptors (Lipinski definition) is 4. The van der Waals surface area contributed by atoms with Gasteiger partial charge in [0.05, 0.1) is 21.9 Å². The number of rotatable bonds is 4. The lowest BCUT2D eigenvalue weighted by molar-refractivity contribution is -0.115. The fourth-order valence-electron chi connectivity index (χ4n) is 2.99. The molecule has 25 heavy (non-hydrogen) atoms. The summed E-state index contributed by atoms with van der Waals surface area (Å²) in [5, 5.41) is 3.37. The lowest BCUT2D eigenvalue weighted by Gasteiger charge is -2.26. The van der Waals surface area contributed by atoms with Gasteiger partial charge in [-0.2, -0.15) is 0 Å². The summed E-state index contributed by atoms with van der Waals surface area (Å²) >= 11 is 2.13. The van der Waals surface area contributed by atoms with Gasteiger partial charge in [-0.15, -0.1) is 0 Å². The zero-order valence-electron chi connectivity index (χ0n) is 13.8. The van der Waals surface area contributed by atoms with E-state index in [0.29, 0.717) is 12.0 Å². The molecule has 0 aliphatic heterocycles. The van der Waals surface area contributed by atoms with Crippen LogP contribution in [0.2, 0.25) is 0 Å². The van der Waals surface area contributed by atoms with Crippen molar-refractivity contribution in [2.24, 2.45) is 0 Å². The summed E-state index contributed by atoms with van der Waals surface area (Å²) in [5.74, 6) is -0.119. The molecule has 0 aromatic heterocycles. The molecule has 2 aromatic carbocycles. The van der Waals surface area contributed by atoms with Crippen molar-refractivity contribution in [3.8, 4) is 0 Å². The first-order chi connectivity index (χ1) is 12.1. The largest absolute Gasteiger partial charge is 0.465 e. The van der Waals surface area contributed by atoms with E-state index in [4.69, 9.17) is 4.74 Å². The molecule has 3 rings (SSSR count). The molecule has 1 aliphatic carbocycles. The van der Waals surface area contributed by atoms with E-state index >= 15 is 0 Å². The molecule has 5 heteroatoms. The number of allylic oxidation sites excluding steroid dienone is 2. The summed E-state index contributed by atoms with van der Waals surface area (Å²) in [6.45, 7) is 0. The Labute approximate surface area is 160 Å². The van der Waals surface area contributed by atoms with Crippen molar-refractivity contribution in [3.63, 3.8) is 0 Å². The minimum Gasteiger partial charge on any atom is -0.465 e. The lowest BCUT2D eigenvalue weighted by Crippen LogP contribution is -2.19. The van der Waals surface area contributed by atoms with Crippen LogP contribution >= 0.6 is 22.6 Å². The highest BCUT2D eigenvalue weighted by atomic mass is 127. The molecule has 1 atom stereocenters. The Kier molecular flexibility index (Phi) is 5.53. The Morgan fingerprint density at radius 1 is 1.16 bits per heavy atom. The summed E-state index contributed by atoms with van der Waals surface area (Å²) < 4.78 is 5.60. The number of halogens is 1. The summed E-state index contributed by atoms with van der Waals surface area (Å²) in [5.41, 5.74) is 3.34. The molecule has 0 saturated heterocycles. The highest BCUT2D eigenvalue weighted by Gasteiger charge is 2.24. The maximum absolute atomic E-state index is 12.0. The van der Waals surface area contributed by atoms with Crippen LogP contribution in [0.15, 0.2) is 60.3 Å². The van der Waals surface area contributed by atoms with E-state index in [1.165, 1.54) is 12.7 Å². The number of esters is 1. The standard InChI is InChI=1S/C20H18INO3/c1-25-20(24)16-8-5-9-17(19(16)21)22-18-12-14(23)10-11-15(18)13-6-3-2-4-7-13/h2-9,12,15,22H,10-11H2,1H3. The quantitative estimate of drug-likeness (QED) is 0.553. The third kappa shape index (κ3) is 3.92. The number of ketones is 1. The van der Waals surface area contributed by atoms with Gasteiger partial charge in [0.15, 0.2) is 5.78 Å². The minimum atomic E-state index is -0.374. The number of ether oxygens (including phenoxy) is 1. The van der Waals surface area contributed by atoms with Crippen molar-refractivity contribution in [1.82, 2.24) is 0 Å². The van der Waals surface area contributed by atoms with Crippen molar-refractivity contribution >= 4 is 40.0 Å². The SMILES string of the molecule is COC(=O)c1cccc(NC2=CC(=O)CCC2c2ccccc2)c1I. The highest BCUT2D eigenvalue weighted by molar-refractivity contribution is 14.1. The van der Waals surface area contributed by atoms with Crippen LogP contribution in [0.5, 0.6) is 0 Å². The maximum atomic E-state index is 12.0. The number of methoxy groups -OCH3 is 1. The van der Waals surface area contributed by atoms with Crippen LogP contribution < -0.4 is 5.32 Å². The monoisotopic (exact) mass is 447 g/mol. The second-order valence-electron chi connectivity index (χ2n) is 5.85. The highest BCUT2D eigenvalue weighted by Crippen LogP contribution is 2.35. The molecule has 128 valence electrons. The molecule has 1 aliphatic rings. The van der Waals surface area contributed by atoms with E-state index < -0.39 is 0 Å². The van der Waals surface area contributed by atoms with Crippen LogP contribution in [-0.2, 0) is 9.53 Å². The van der Waals surface area contributed by atoms with E-state index in [1.54, 1.807) is 18.2 Å². The summed E-state index contributed by atoms with van der Waals surface area (Å²) in [6, 6.07) is 15.6. The normalized spacial score (nSPS) is 17.0. The molecule has 0 fully saturated rings. The average Bonchev–Trinajstić information content (AvgIpc) is 2.64. The van der Waals surface area contributed by atoms with Gasteiger partial charge in [-0.05, 0) is 46.7 Å². The number of anilines is 1. The zero-order valence-corrected chi connectivity index (χ0v) is 15.9. The molecule has 0 amide bonds. The summed E-state index contributed by atoms with van der Waals surface area (Å²) in [6.07, 6.45) is 3.00. The van der Waals surface area contributed by atoms with Crippen LogP contribution in [0.25, 0.3) is 0 Å². The minimum absolute atomic E-state index is 0.119. The van der Waals surface area contributed by atoms with Gasteiger partial charge in [0.25, 0.3) is 0 Å². The molecular weight excluding hydrogens is 429 g/mol. The number of benzene rings is 2. The number of hydrogen-bond donors (Lipinski definition) is 1. The molecule has 2 aromatic rings. The van der Waals surface area contributed by atoms with Gasteiger partial charge < -0.3 is 10.1 Å². The van der Waals surface area contributed by atoms with E-state index in [0.717, 1.165) is 21.4 Å². The molecule has 1 N–H and O–H groups in total. The van der Waals surface area contributed by atoms with Crippen LogP contribution in [0.1, 0.15) is 34.7 Å². The predicted octanol–water partition coefficient (Wildman–Crippen LogP) is 4.52. The lowest BCUT2D eigenvalue weighted by atomic mass is 9.85. The molecule has 0 saturated carbocycles. The van der Waals surface area contributed by atoms with Crippen molar-refractivity contribution in [1.29, 1.82) is 0 Å². The van der Waals surface area contributed by atoms with Crippen molar-refractivity contribution in [2.75, 3.05) is 12.4 Å². The van der Waals surface area contributed by atoms with Crippen molar-refractivity contribution < 1.29 is 14.3 Å². The number of carbonyl (C=O) groups is 2.